The first kappa shape index (κ1) is 14.3. The highest BCUT2D eigenvalue weighted by molar-refractivity contribution is 9.10. The van der Waals surface area contributed by atoms with E-state index in [-0.39, 0.29) is 5.91 Å². The molecule has 1 aromatic carbocycles. The third-order valence-corrected chi connectivity index (χ3v) is 4.67. The van der Waals surface area contributed by atoms with Gasteiger partial charge in [0.15, 0.2) is 0 Å². The van der Waals surface area contributed by atoms with Crippen LogP contribution in [0, 0.1) is 11.8 Å². The summed E-state index contributed by atoms with van der Waals surface area (Å²) in [5, 5.41) is 12.1. The normalized spacial score (nSPS) is 29.6. The number of fused-ring (bicyclic) bond motifs is 2. The molecule has 1 aromatic rings. The number of amides is 1. The molecule has 1 amide bonds. The molecule has 110 valence electrons. The largest absolute Gasteiger partial charge is 0.481 e. The van der Waals surface area contributed by atoms with Crippen molar-refractivity contribution in [2.75, 3.05) is 0 Å². The zero-order valence-electron chi connectivity index (χ0n) is 11.0. The van der Waals surface area contributed by atoms with E-state index >= 15 is 0 Å². The van der Waals surface area contributed by atoms with Crippen LogP contribution in [0.25, 0.3) is 0 Å². The summed E-state index contributed by atoms with van der Waals surface area (Å²) >= 11 is 3.42. The van der Waals surface area contributed by atoms with Crippen LogP contribution in [0.3, 0.4) is 0 Å². The summed E-state index contributed by atoms with van der Waals surface area (Å²) in [6, 6.07) is 7.57. The number of carboxylic acid groups (broad SMARTS) is 1. The Bertz CT molecular complexity index is 615. The Labute approximate surface area is 130 Å². The van der Waals surface area contributed by atoms with Gasteiger partial charge in [0.05, 0.1) is 18.1 Å². The number of rotatable bonds is 4. The van der Waals surface area contributed by atoms with Crippen molar-refractivity contribution >= 4 is 27.8 Å². The zero-order chi connectivity index (χ0) is 15.0. The van der Waals surface area contributed by atoms with Crippen molar-refractivity contribution in [1.29, 1.82) is 0 Å². The third-order valence-electron chi connectivity index (χ3n) is 3.90. The maximum atomic E-state index is 12.3. The fourth-order valence-electron chi connectivity index (χ4n) is 2.86. The Morgan fingerprint density at radius 2 is 1.86 bits per heavy atom. The number of benzene rings is 1. The predicted octanol–water partition coefficient (Wildman–Crippen LogP) is 1.72. The van der Waals surface area contributed by atoms with Crippen molar-refractivity contribution in [3.05, 3.63) is 46.5 Å². The Morgan fingerprint density at radius 1 is 1.19 bits per heavy atom. The SMILES string of the molecule is O=C(NCc1ccccc1Br)[C@@H]1[C@H](C(=O)O)[C@H]2C=C[C@H]1O2. The van der Waals surface area contributed by atoms with Crippen molar-refractivity contribution in [2.24, 2.45) is 11.8 Å². The van der Waals surface area contributed by atoms with E-state index in [1.54, 1.807) is 12.2 Å². The first-order valence-corrected chi connectivity index (χ1v) is 7.45. The second-order valence-corrected chi connectivity index (χ2v) is 6.00. The molecular weight excluding hydrogens is 338 g/mol. The van der Waals surface area contributed by atoms with Gasteiger partial charge in [-0.1, -0.05) is 46.3 Å². The van der Waals surface area contributed by atoms with Gasteiger partial charge in [0.2, 0.25) is 5.91 Å². The molecule has 2 N–H and O–H groups in total. The van der Waals surface area contributed by atoms with E-state index in [4.69, 9.17) is 4.74 Å². The number of carbonyl (C=O) groups is 2. The molecule has 0 aromatic heterocycles. The second kappa shape index (κ2) is 5.61. The molecule has 1 saturated heterocycles. The summed E-state index contributed by atoms with van der Waals surface area (Å²) < 4.78 is 6.40. The smallest absolute Gasteiger partial charge is 0.310 e. The number of carbonyl (C=O) groups excluding carboxylic acids is 1. The van der Waals surface area contributed by atoms with Crippen LogP contribution in [0.4, 0.5) is 0 Å². The number of hydrogen-bond donors (Lipinski definition) is 2. The highest BCUT2D eigenvalue weighted by Crippen LogP contribution is 2.39. The molecule has 0 unspecified atom stereocenters. The van der Waals surface area contributed by atoms with Crippen molar-refractivity contribution < 1.29 is 19.4 Å². The van der Waals surface area contributed by atoms with E-state index in [0.717, 1.165) is 10.0 Å². The van der Waals surface area contributed by atoms with Gasteiger partial charge < -0.3 is 15.2 Å². The molecule has 2 aliphatic rings. The monoisotopic (exact) mass is 351 g/mol. The minimum Gasteiger partial charge on any atom is -0.481 e. The van der Waals surface area contributed by atoms with Crippen LogP contribution in [-0.2, 0) is 20.9 Å². The molecule has 1 fully saturated rings. The van der Waals surface area contributed by atoms with Gasteiger partial charge in [0, 0.05) is 11.0 Å². The lowest BCUT2D eigenvalue weighted by molar-refractivity contribution is -0.146. The van der Waals surface area contributed by atoms with Gasteiger partial charge in [0.1, 0.15) is 5.92 Å². The van der Waals surface area contributed by atoms with Crippen LogP contribution in [0.15, 0.2) is 40.9 Å². The van der Waals surface area contributed by atoms with Crippen LogP contribution in [-0.4, -0.2) is 29.2 Å². The average molecular weight is 352 g/mol. The first-order chi connectivity index (χ1) is 10.1. The van der Waals surface area contributed by atoms with Crippen molar-refractivity contribution in [2.45, 2.75) is 18.8 Å². The summed E-state index contributed by atoms with van der Waals surface area (Å²) in [5.74, 6) is -2.75. The summed E-state index contributed by atoms with van der Waals surface area (Å²) in [5.41, 5.74) is 0.942. The van der Waals surface area contributed by atoms with Crippen LogP contribution in [0.1, 0.15) is 5.56 Å². The van der Waals surface area contributed by atoms with Gasteiger partial charge in [0.25, 0.3) is 0 Å². The number of aliphatic carboxylic acids is 1. The fraction of sp³-hybridized carbons (Fsp3) is 0.333. The average Bonchev–Trinajstić information content (AvgIpc) is 3.06. The standard InChI is InChI=1S/C15H14BrNO4/c16-9-4-2-1-3-8(9)7-17-14(18)12-10-5-6-11(21-10)13(12)15(19)20/h1-6,10-13H,7H2,(H,17,18)(H,19,20)/t10-,11-,12+,13-/m1/s1. The van der Waals surface area contributed by atoms with E-state index in [1.807, 2.05) is 24.3 Å². The van der Waals surface area contributed by atoms with Crippen LogP contribution < -0.4 is 5.32 Å². The molecule has 6 heteroatoms. The quantitative estimate of drug-likeness (QED) is 0.810. The van der Waals surface area contributed by atoms with Gasteiger partial charge in [-0.15, -0.1) is 0 Å². The van der Waals surface area contributed by atoms with E-state index in [2.05, 4.69) is 21.2 Å². The summed E-state index contributed by atoms with van der Waals surface area (Å²) in [4.78, 5) is 23.7. The Balaban J connectivity index is 1.69. The number of carboxylic acids is 1. The summed E-state index contributed by atoms with van der Waals surface area (Å²) in [6.45, 7) is 0.351. The lowest BCUT2D eigenvalue weighted by Gasteiger charge is -2.21. The molecule has 5 nitrogen and oxygen atoms in total. The molecule has 2 heterocycles. The molecule has 21 heavy (non-hydrogen) atoms. The van der Waals surface area contributed by atoms with Crippen molar-refractivity contribution in [3.63, 3.8) is 0 Å². The number of nitrogens with one attached hydrogen (secondary N) is 1. The van der Waals surface area contributed by atoms with Crippen molar-refractivity contribution in [1.82, 2.24) is 5.32 Å². The Morgan fingerprint density at radius 3 is 2.52 bits per heavy atom. The Hall–Kier alpha value is -1.66. The highest BCUT2D eigenvalue weighted by atomic mass is 79.9. The van der Waals surface area contributed by atoms with Gasteiger partial charge in [-0.25, -0.2) is 0 Å². The molecular formula is C15H14BrNO4. The first-order valence-electron chi connectivity index (χ1n) is 6.65. The third kappa shape index (κ3) is 2.61. The molecule has 0 spiro atoms. The molecule has 0 saturated carbocycles. The van der Waals surface area contributed by atoms with E-state index in [9.17, 15) is 14.7 Å². The van der Waals surface area contributed by atoms with Crippen LogP contribution in [0.2, 0.25) is 0 Å². The van der Waals surface area contributed by atoms with Crippen LogP contribution >= 0.6 is 15.9 Å². The Kier molecular flexibility index (Phi) is 3.82. The van der Waals surface area contributed by atoms with Gasteiger partial charge in [-0.2, -0.15) is 0 Å². The molecule has 0 aliphatic carbocycles. The van der Waals surface area contributed by atoms with E-state index in [1.165, 1.54) is 0 Å². The molecule has 4 atom stereocenters. The zero-order valence-corrected chi connectivity index (χ0v) is 12.6. The van der Waals surface area contributed by atoms with E-state index in [0.29, 0.717) is 6.54 Å². The molecule has 0 radical (unpaired) electrons. The van der Waals surface area contributed by atoms with Crippen LogP contribution in [0.5, 0.6) is 0 Å². The minimum absolute atomic E-state index is 0.282. The van der Waals surface area contributed by atoms with Gasteiger partial charge in [-0.3, -0.25) is 9.59 Å². The lowest BCUT2D eigenvalue weighted by Crippen LogP contribution is -2.42. The fourth-order valence-corrected chi connectivity index (χ4v) is 3.28. The maximum absolute atomic E-state index is 12.3. The number of hydrogen-bond acceptors (Lipinski definition) is 3. The highest BCUT2D eigenvalue weighted by Gasteiger charge is 2.53. The van der Waals surface area contributed by atoms with Gasteiger partial charge >= 0.3 is 5.97 Å². The summed E-state index contributed by atoms with van der Waals surface area (Å²) in [7, 11) is 0. The van der Waals surface area contributed by atoms with E-state index < -0.39 is 30.0 Å². The molecule has 2 bridgehead atoms. The number of ether oxygens (including phenoxy) is 1. The minimum atomic E-state index is -0.993. The lowest BCUT2D eigenvalue weighted by atomic mass is 9.82. The molecule has 3 rings (SSSR count). The summed E-state index contributed by atoms with van der Waals surface area (Å²) in [6.07, 6.45) is 2.57. The predicted molar refractivity (Wildman–Crippen MR) is 78.4 cm³/mol. The second-order valence-electron chi connectivity index (χ2n) is 5.15. The maximum Gasteiger partial charge on any atom is 0.310 e. The number of halogens is 1. The van der Waals surface area contributed by atoms with Gasteiger partial charge in [-0.05, 0) is 11.6 Å². The topological polar surface area (TPSA) is 75.6 Å². The van der Waals surface area contributed by atoms with Crippen molar-refractivity contribution in [3.8, 4) is 0 Å². The molecule has 2 aliphatic heterocycles.